The van der Waals surface area contributed by atoms with Crippen LogP contribution in [0.3, 0.4) is 0 Å². The molecule has 6 heteroatoms. The molecule has 1 aliphatic rings. The molecule has 1 N–H and O–H groups in total. The Labute approximate surface area is 395 Å². The fourth-order valence-corrected chi connectivity index (χ4v) is 11.0. The van der Waals surface area contributed by atoms with E-state index in [0.29, 0.717) is 5.84 Å². The average molecular weight is 882 g/mol. The van der Waals surface area contributed by atoms with Crippen LogP contribution in [0.5, 0.6) is 0 Å². The van der Waals surface area contributed by atoms with Gasteiger partial charge in [-0.05, 0) is 105 Å². The van der Waals surface area contributed by atoms with E-state index in [1.807, 2.05) is 6.07 Å². The molecule has 0 saturated heterocycles. The number of fused-ring (bicyclic) bond motifs is 12. The van der Waals surface area contributed by atoms with Crippen molar-refractivity contribution in [2.75, 3.05) is 0 Å². The molecule has 0 spiro atoms. The molecular formula is C63H39N5O. The van der Waals surface area contributed by atoms with E-state index in [1.165, 1.54) is 48.5 Å². The number of aliphatic imine (C=N–C) groups is 2. The summed E-state index contributed by atoms with van der Waals surface area (Å²) < 4.78 is 11.5. The van der Waals surface area contributed by atoms with Crippen LogP contribution >= 0.6 is 0 Å². The van der Waals surface area contributed by atoms with E-state index < -0.39 is 6.17 Å². The van der Waals surface area contributed by atoms with Crippen LogP contribution in [0, 0.1) is 0 Å². The van der Waals surface area contributed by atoms with E-state index in [1.54, 1.807) is 0 Å². The van der Waals surface area contributed by atoms with Crippen LogP contribution < -0.4 is 5.32 Å². The van der Waals surface area contributed by atoms with Gasteiger partial charge >= 0.3 is 0 Å². The van der Waals surface area contributed by atoms with Crippen LogP contribution in [0.25, 0.3) is 109 Å². The van der Waals surface area contributed by atoms with Gasteiger partial charge in [0, 0.05) is 55.2 Å². The van der Waals surface area contributed by atoms with E-state index in [2.05, 4.69) is 233 Å². The molecule has 6 nitrogen and oxygen atoms in total. The smallest absolute Gasteiger partial charge is 0.159 e. The first-order valence-electron chi connectivity index (χ1n) is 23.5. The molecule has 4 heterocycles. The molecule has 0 bridgehead atoms. The zero-order valence-corrected chi connectivity index (χ0v) is 37.1. The lowest BCUT2D eigenvalue weighted by molar-refractivity contribution is 0.668. The number of amidine groups is 2. The highest BCUT2D eigenvalue weighted by Crippen LogP contribution is 2.41. The molecule has 15 rings (SSSR count). The molecule has 1 unspecified atom stereocenters. The number of para-hydroxylation sites is 3. The van der Waals surface area contributed by atoms with E-state index in [9.17, 15) is 0 Å². The first-order valence-corrected chi connectivity index (χ1v) is 23.5. The van der Waals surface area contributed by atoms with Gasteiger partial charge in [0.2, 0.25) is 0 Å². The van der Waals surface area contributed by atoms with Gasteiger partial charge in [0.05, 0.1) is 27.8 Å². The highest BCUT2D eigenvalue weighted by Gasteiger charge is 2.27. The molecule has 11 aromatic carbocycles. The van der Waals surface area contributed by atoms with Crippen molar-refractivity contribution in [3.8, 4) is 11.4 Å². The molecule has 1 aliphatic heterocycles. The Hall–Kier alpha value is -9.26. The minimum Gasteiger partial charge on any atom is -0.456 e. The Balaban J connectivity index is 1.03. The fraction of sp³-hybridized carbons (Fsp3) is 0.0159. The summed E-state index contributed by atoms with van der Waals surface area (Å²) in [4.78, 5) is 11.1. The Bertz CT molecular complexity index is 4440. The summed E-state index contributed by atoms with van der Waals surface area (Å²) in [5.41, 5.74) is 11.1. The van der Waals surface area contributed by atoms with Crippen LogP contribution in [0.15, 0.2) is 239 Å². The maximum atomic E-state index is 6.73. The SMILES string of the molecule is c1ccc(-n2c3ccccc3c3ccc(C4=NC(c5ccc6ccccc6c5)NC(c5cc6c(cc5-n5c7cc8ccccc8cc7c7cc8ccccc8cc75)oc5ccccc56)=N4)cc32)cc1. The predicted molar refractivity (Wildman–Crippen MR) is 287 cm³/mol. The summed E-state index contributed by atoms with van der Waals surface area (Å²) in [6, 6.07) is 80.5. The van der Waals surface area contributed by atoms with E-state index in [-0.39, 0.29) is 0 Å². The number of hydrogen-bond acceptors (Lipinski definition) is 4. The van der Waals surface area contributed by atoms with Crippen LogP contribution in [0.2, 0.25) is 0 Å². The van der Waals surface area contributed by atoms with Gasteiger partial charge < -0.3 is 18.9 Å². The van der Waals surface area contributed by atoms with Crippen molar-refractivity contribution in [1.29, 1.82) is 0 Å². The summed E-state index contributed by atoms with van der Waals surface area (Å²) in [6.45, 7) is 0. The summed E-state index contributed by atoms with van der Waals surface area (Å²) >= 11 is 0. The van der Waals surface area contributed by atoms with E-state index >= 15 is 0 Å². The number of nitrogens with zero attached hydrogens (tertiary/aromatic N) is 4. The highest BCUT2D eigenvalue weighted by molar-refractivity contribution is 6.21. The van der Waals surface area contributed by atoms with Gasteiger partial charge in [-0.3, -0.25) is 0 Å². The Morgan fingerprint density at radius 2 is 0.986 bits per heavy atom. The average Bonchev–Trinajstić information content (AvgIpc) is 4.05. The zero-order valence-electron chi connectivity index (χ0n) is 37.1. The van der Waals surface area contributed by atoms with E-state index in [4.69, 9.17) is 14.4 Å². The van der Waals surface area contributed by atoms with Crippen LogP contribution in [-0.2, 0) is 0 Å². The summed E-state index contributed by atoms with van der Waals surface area (Å²) in [6.07, 6.45) is -0.455. The predicted octanol–water partition coefficient (Wildman–Crippen LogP) is 15.7. The first kappa shape index (κ1) is 37.9. The number of hydrogen-bond donors (Lipinski definition) is 1. The summed E-state index contributed by atoms with van der Waals surface area (Å²) in [7, 11) is 0. The molecule has 1 atom stereocenters. The zero-order chi connectivity index (χ0) is 45.2. The third-order valence-electron chi connectivity index (χ3n) is 14.3. The summed E-state index contributed by atoms with van der Waals surface area (Å²) in [5, 5.41) is 17.8. The van der Waals surface area contributed by atoms with Crippen molar-refractivity contribution in [2.45, 2.75) is 6.17 Å². The molecule has 0 aliphatic carbocycles. The Morgan fingerprint density at radius 3 is 1.72 bits per heavy atom. The lowest BCUT2D eigenvalue weighted by Crippen LogP contribution is -2.34. The molecular weight excluding hydrogens is 843 g/mol. The molecule has 0 saturated carbocycles. The lowest BCUT2D eigenvalue weighted by atomic mass is 10.0. The highest BCUT2D eigenvalue weighted by atomic mass is 16.3. The first-order chi connectivity index (χ1) is 34.2. The van der Waals surface area contributed by atoms with Gasteiger partial charge in [-0.2, -0.15) is 0 Å². The molecule has 0 amide bonds. The quantitative estimate of drug-likeness (QED) is 0.187. The Kier molecular flexibility index (Phi) is 8.03. The molecule has 3 aromatic heterocycles. The van der Waals surface area contributed by atoms with Crippen molar-refractivity contribution in [3.63, 3.8) is 0 Å². The van der Waals surface area contributed by atoms with Crippen molar-refractivity contribution in [3.05, 3.63) is 241 Å². The van der Waals surface area contributed by atoms with Gasteiger partial charge in [0.25, 0.3) is 0 Å². The summed E-state index contributed by atoms with van der Waals surface area (Å²) in [5.74, 6) is 1.37. The molecule has 0 radical (unpaired) electrons. The second-order valence-corrected chi connectivity index (χ2v) is 18.2. The van der Waals surface area contributed by atoms with Crippen LogP contribution in [-0.4, -0.2) is 20.8 Å². The van der Waals surface area contributed by atoms with Crippen LogP contribution in [0.1, 0.15) is 22.9 Å². The topological polar surface area (TPSA) is 59.8 Å². The number of nitrogens with one attached hydrogen (secondary N) is 1. The third-order valence-corrected chi connectivity index (χ3v) is 14.3. The molecule has 0 fully saturated rings. The van der Waals surface area contributed by atoms with Gasteiger partial charge in [-0.1, -0.05) is 152 Å². The molecule has 69 heavy (non-hydrogen) atoms. The third kappa shape index (κ3) is 5.85. The number of furan rings is 1. The van der Waals surface area contributed by atoms with Crippen molar-refractivity contribution >= 4 is 110 Å². The molecule has 14 aromatic rings. The van der Waals surface area contributed by atoms with Crippen molar-refractivity contribution in [1.82, 2.24) is 14.5 Å². The Morgan fingerprint density at radius 1 is 0.391 bits per heavy atom. The second kappa shape index (κ2) is 14.6. The fourth-order valence-electron chi connectivity index (χ4n) is 11.0. The monoisotopic (exact) mass is 881 g/mol. The van der Waals surface area contributed by atoms with Gasteiger partial charge in [-0.25, -0.2) is 9.98 Å². The van der Waals surface area contributed by atoms with Crippen LogP contribution in [0.4, 0.5) is 0 Å². The second-order valence-electron chi connectivity index (χ2n) is 18.2. The maximum Gasteiger partial charge on any atom is 0.159 e. The van der Waals surface area contributed by atoms with E-state index in [0.717, 1.165) is 83.3 Å². The standard InChI is InChI=1S/C63H39N5O/c1-2-20-46(21-3-1)67-54-24-12-10-22-47(54)48-29-28-45(35-55(48)67)62-64-61(44-27-26-38-14-4-5-15-39(38)30-44)65-63(66-62)53-36-52-49-23-11-13-25-59(49)69-60(52)37-58(53)68-56-33-42-18-8-6-16-40(42)31-50(56)51-32-41-17-7-9-19-43(41)34-57(51)68/h1-37,61H,(H,64,65,66). The number of aromatic nitrogens is 2. The van der Waals surface area contributed by atoms with Gasteiger partial charge in [0.1, 0.15) is 23.2 Å². The van der Waals surface area contributed by atoms with Gasteiger partial charge in [-0.15, -0.1) is 0 Å². The number of rotatable bonds is 5. The van der Waals surface area contributed by atoms with Crippen molar-refractivity contribution in [2.24, 2.45) is 9.98 Å². The van der Waals surface area contributed by atoms with Gasteiger partial charge in [0.15, 0.2) is 5.84 Å². The minimum absolute atomic E-state index is 0.455. The minimum atomic E-state index is -0.455. The maximum absolute atomic E-state index is 6.73. The lowest BCUT2D eigenvalue weighted by Gasteiger charge is -2.25. The number of benzene rings is 11. The van der Waals surface area contributed by atoms with Crippen molar-refractivity contribution < 1.29 is 4.42 Å². The largest absolute Gasteiger partial charge is 0.456 e. The molecule has 322 valence electrons. The normalized spacial score (nSPS) is 14.2.